The number of hydrogen-bond donors (Lipinski definition) is 2. The maximum absolute atomic E-state index is 12.0. The molecule has 21 heavy (non-hydrogen) atoms. The fourth-order valence-electron chi connectivity index (χ4n) is 2.00. The second-order valence-electron chi connectivity index (χ2n) is 6.30. The molecular weight excluding hydrogens is 330 g/mol. The first-order valence-corrected chi connectivity index (χ1v) is 7.89. The number of aliphatic hydroxyl groups excluding tert-OH is 1. The first-order valence-electron chi connectivity index (χ1n) is 7.09. The van der Waals surface area contributed by atoms with E-state index in [-0.39, 0.29) is 24.0 Å². The van der Waals surface area contributed by atoms with Crippen molar-refractivity contribution in [3.8, 4) is 0 Å². The number of benzene rings is 1. The Morgan fingerprint density at radius 1 is 1.43 bits per heavy atom. The molecule has 0 aromatic heterocycles. The van der Waals surface area contributed by atoms with Crippen LogP contribution >= 0.6 is 15.9 Å². The van der Waals surface area contributed by atoms with E-state index in [2.05, 4.69) is 21.2 Å². The molecule has 116 valence electrons. The third-order valence-corrected chi connectivity index (χ3v) is 4.04. The Morgan fingerprint density at radius 2 is 2.10 bits per heavy atom. The summed E-state index contributed by atoms with van der Waals surface area (Å²) < 4.78 is 0.967. The summed E-state index contributed by atoms with van der Waals surface area (Å²) in [4.78, 5) is 12.0. The maximum Gasteiger partial charge on any atom is 0.244 e. The summed E-state index contributed by atoms with van der Waals surface area (Å²) in [5, 5.41) is 12.1. The number of aryl methyl sites for hydroxylation is 1. The number of carbonyl (C=O) groups is 1. The van der Waals surface area contributed by atoms with Gasteiger partial charge in [0, 0.05) is 23.2 Å². The molecule has 0 fully saturated rings. The van der Waals surface area contributed by atoms with Crippen molar-refractivity contribution in [1.29, 1.82) is 0 Å². The highest BCUT2D eigenvalue weighted by Gasteiger charge is 2.24. The third-order valence-electron chi connectivity index (χ3n) is 3.35. The molecule has 1 atom stereocenters. The van der Waals surface area contributed by atoms with Crippen LogP contribution < -0.4 is 5.32 Å². The lowest BCUT2D eigenvalue weighted by atomic mass is 9.85. The standard InChI is InChI=1S/C17H24BrNO2/c1-12-5-6-13(14(18)11-12)7-8-16(21)19-15(9-10-20)17(2,3)4/h5-8,11,15,20H,9-10H2,1-4H3,(H,19,21)/b8-7+. The van der Waals surface area contributed by atoms with E-state index in [9.17, 15) is 4.79 Å². The number of aliphatic hydroxyl groups is 1. The summed E-state index contributed by atoms with van der Waals surface area (Å²) in [6, 6.07) is 5.94. The molecule has 1 unspecified atom stereocenters. The van der Waals surface area contributed by atoms with Gasteiger partial charge in [-0.3, -0.25) is 4.79 Å². The average Bonchev–Trinajstić information content (AvgIpc) is 2.36. The van der Waals surface area contributed by atoms with Gasteiger partial charge >= 0.3 is 0 Å². The third kappa shape index (κ3) is 6.02. The molecule has 0 aliphatic heterocycles. The van der Waals surface area contributed by atoms with Crippen LogP contribution in [0.4, 0.5) is 0 Å². The topological polar surface area (TPSA) is 49.3 Å². The SMILES string of the molecule is Cc1ccc(/C=C/C(=O)NC(CCO)C(C)(C)C)c(Br)c1. The first kappa shape index (κ1) is 17.9. The van der Waals surface area contributed by atoms with Crippen LogP contribution in [-0.4, -0.2) is 23.7 Å². The largest absolute Gasteiger partial charge is 0.396 e. The van der Waals surface area contributed by atoms with Crippen LogP contribution in [0, 0.1) is 12.3 Å². The van der Waals surface area contributed by atoms with Gasteiger partial charge in [0.25, 0.3) is 0 Å². The number of carbonyl (C=O) groups excluding carboxylic acids is 1. The molecule has 0 saturated carbocycles. The van der Waals surface area contributed by atoms with Crippen molar-refractivity contribution < 1.29 is 9.90 Å². The van der Waals surface area contributed by atoms with Crippen LogP contribution in [-0.2, 0) is 4.79 Å². The molecule has 1 amide bonds. The predicted octanol–water partition coefficient (Wildman–Crippen LogP) is 3.68. The van der Waals surface area contributed by atoms with Crippen molar-refractivity contribution in [3.05, 3.63) is 39.9 Å². The van der Waals surface area contributed by atoms with E-state index in [1.54, 1.807) is 6.08 Å². The van der Waals surface area contributed by atoms with Gasteiger partial charge in [0.1, 0.15) is 0 Å². The summed E-state index contributed by atoms with van der Waals surface area (Å²) in [6.45, 7) is 8.23. The highest BCUT2D eigenvalue weighted by molar-refractivity contribution is 9.10. The van der Waals surface area contributed by atoms with Crippen LogP contribution in [0.2, 0.25) is 0 Å². The molecule has 4 heteroatoms. The minimum absolute atomic E-state index is 0.0545. The van der Waals surface area contributed by atoms with Crippen LogP contribution in [0.5, 0.6) is 0 Å². The number of hydrogen-bond acceptors (Lipinski definition) is 2. The van der Waals surface area contributed by atoms with Crippen molar-refractivity contribution in [2.75, 3.05) is 6.61 Å². The van der Waals surface area contributed by atoms with Crippen LogP contribution in [0.1, 0.15) is 38.3 Å². The number of halogens is 1. The maximum atomic E-state index is 12.0. The zero-order valence-corrected chi connectivity index (χ0v) is 14.7. The molecule has 0 radical (unpaired) electrons. The van der Waals surface area contributed by atoms with Gasteiger partial charge in [0.2, 0.25) is 5.91 Å². The molecule has 1 rings (SSSR count). The van der Waals surface area contributed by atoms with Gasteiger partial charge < -0.3 is 10.4 Å². The van der Waals surface area contributed by atoms with Crippen molar-refractivity contribution in [1.82, 2.24) is 5.32 Å². The second kappa shape index (κ2) is 7.76. The van der Waals surface area contributed by atoms with Gasteiger partial charge in [-0.2, -0.15) is 0 Å². The van der Waals surface area contributed by atoms with Crippen molar-refractivity contribution in [2.24, 2.45) is 5.41 Å². The smallest absolute Gasteiger partial charge is 0.244 e. The van der Waals surface area contributed by atoms with Gasteiger partial charge in [-0.05, 0) is 42.0 Å². The van der Waals surface area contributed by atoms with Crippen molar-refractivity contribution in [3.63, 3.8) is 0 Å². The van der Waals surface area contributed by atoms with Gasteiger partial charge in [-0.1, -0.05) is 48.8 Å². The summed E-state index contributed by atoms with van der Waals surface area (Å²) in [7, 11) is 0. The average molecular weight is 354 g/mol. The Morgan fingerprint density at radius 3 is 2.62 bits per heavy atom. The number of rotatable bonds is 5. The lowest BCUT2D eigenvalue weighted by molar-refractivity contribution is -0.118. The van der Waals surface area contributed by atoms with Crippen LogP contribution in [0.15, 0.2) is 28.7 Å². The fourth-order valence-corrected chi connectivity index (χ4v) is 2.63. The highest BCUT2D eigenvalue weighted by Crippen LogP contribution is 2.22. The van der Waals surface area contributed by atoms with Crippen LogP contribution in [0.3, 0.4) is 0 Å². The summed E-state index contributed by atoms with van der Waals surface area (Å²) in [6.07, 6.45) is 3.88. The lowest BCUT2D eigenvalue weighted by Crippen LogP contribution is -2.43. The molecular formula is C17H24BrNO2. The van der Waals surface area contributed by atoms with Gasteiger partial charge in [0.05, 0.1) is 0 Å². The summed E-state index contributed by atoms with van der Waals surface area (Å²) >= 11 is 3.49. The van der Waals surface area contributed by atoms with E-state index in [0.29, 0.717) is 6.42 Å². The van der Waals surface area contributed by atoms with Gasteiger partial charge in [-0.15, -0.1) is 0 Å². The monoisotopic (exact) mass is 353 g/mol. The Kier molecular flexibility index (Phi) is 6.62. The minimum atomic E-state index is -0.143. The quantitative estimate of drug-likeness (QED) is 0.793. The molecule has 1 aromatic carbocycles. The molecule has 0 aliphatic rings. The molecule has 0 saturated heterocycles. The minimum Gasteiger partial charge on any atom is -0.396 e. The molecule has 0 bridgehead atoms. The van der Waals surface area contributed by atoms with E-state index in [0.717, 1.165) is 10.0 Å². The Bertz CT molecular complexity index is 518. The van der Waals surface area contributed by atoms with E-state index >= 15 is 0 Å². The lowest BCUT2D eigenvalue weighted by Gasteiger charge is -2.30. The molecule has 0 spiro atoms. The normalized spacial score (nSPS) is 13.4. The fraction of sp³-hybridized carbons (Fsp3) is 0.471. The van der Waals surface area contributed by atoms with Crippen molar-refractivity contribution >= 4 is 27.9 Å². The summed E-state index contributed by atoms with van der Waals surface area (Å²) in [5.74, 6) is -0.143. The van der Waals surface area contributed by atoms with Gasteiger partial charge in [0.15, 0.2) is 0 Å². The van der Waals surface area contributed by atoms with E-state index in [1.807, 2.05) is 45.9 Å². The second-order valence-corrected chi connectivity index (χ2v) is 7.15. The number of nitrogens with one attached hydrogen (secondary N) is 1. The Balaban J connectivity index is 2.73. The molecule has 0 heterocycles. The molecule has 3 nitrogen and oxygen atoms in total. The Hall–Kier alpha value is -1.13. The molecule has 0 aliphatic carbocycles. The predicted molar refractivity (Wildman–Crippen MR) is 91.0 cm³/mol. The van der Waals surface area contributed by atoms with E-state index in [1.165, 1.54) is 11.6 Å². The zero-order valence-electron chi connectivity index (χ0n) is 13.1. The highest BCUT2D eigenvalue weighted by atomic mass is 79.9. The van der Waals surface area contributed by atoms with E-state index < -0.39 is 0 Å². The van der Waals surface area contributed by atoms with Crippen molar-refractivity contribution in [2.45, 2.75) is 40.2 Å². The van der Waals surface area contributed by atoms with E-state index in [4.69, 9.17) is 5.11 Å². The zero-order chi connectivity index (χ0) is 16.0. The first-order chi connectivity index (χ1) is 9.74. The summed E-state index contributed by atoms with van der Waals surface area (Å²) in [5.41, 5.74) is 2.04. The molecule has 1 aromatic rings. The van der Waals surface area contributed by atoms with Crippen LogP contribution in [0.25, 0.3) is 6.08 Å². The Labute approximate surface area is 135 Å². The number of amides is 1. The molecule has 2 N–H and O–H groups in total. The van der Waals surface area contributed by atoms with Gasteiger partial charge in [-0.25, -0.2) is 0 Å².